The van der Waals surface area contributed by atoms with Crippen LogP contribution in [0.5, 0.6) is 0 Å². The molecule has 1 aromatic rings. The van der Waals surface area contributed by atoms with E-state index in [-0.39, 0.29) is 23.6 Å². The van der Waals surface area contributed by atoms with E-state index in [9.17, 15) is 14.4 Å². The molecule has 25 heavy (non-hydrogen) atoms. The topological polar surface area (TPSA) is 83.7 Å². The summed E-state index contributed by atoms with van der Waals surface area (Å²) in [5.41, 5.74) is 7.39. The number of nitrogens with two attached hydrogens (primary N) is 1. The highest BCUT2D eigenvalue weighted by atomic mass is 16.2. The first-order valence-corrected chi connectivity index (χ1v) is 8.72. The highest BCUT2D eigenvalue weighted by Crippen LogP contribution is 2.26. The molecule has 0 aromatic heterocycles. The normalized spacial score (nSPS) is 18.2. The Bertz CT molecular complexity index is 706. The Morgan fingerprint density at radius 1 is 1.00 bits per heavy atom. The van der Waals surface area contributed by atoms with E-state index in [4.69, 9.17) is 5.73 Å². The third kappa shape index (κ3) is 3.90. The van der Waals surface area contributed by atoms with Crippen molar-refractivity contribution >= 4 is 23.4 Å². The van der Waals surface area contributed by atoms with Crippen LogP contribution in [0.1, 0.15) is 24.8 Å². The Balaban J connectivity index is 1.60. The summed E-state index contributed by atoms with van der Waals surface area (Å²) in [4.78, 5) is 39.3. The van der Waals surface area contributed by atoms with E-state index in [1.165, 1.54) is 12.2 Å². The minimum atomic E-state index is -0.304. The van der Waals surface area contributed by atoms with Gasteiger partial charge in [0.15, 0.2) is 0 Å². The molecule has 0 atom stereocenters. The molecular formula is C19H23N3O3. The number of carbonyl (C=O) groups is 3. The van der Waals surface area contributed by atoms with Gasteiger partial charge in [0.1, 0.15) is 0 Å². The minimum absolute atomic E-state index is 0.153. The van der Waals surface area contributed by atoms with Crippen LogP contribution in [0, 0.1) is 5.92 Å². The third-order valence-corrected chi connectivity index (χ3v) is 4.95. The molecule has 132 valence electrons. The van der Waals surface area contributed by atoms with E-state index in [1.54, 1.807) is 9.80 Å². The second-order valence-corrected chi connectivity index (χ2v) is 6.56. The second kappa shape index (κ2) is 7.51. The van der Waals surface area contributed by atoms with Crippen molar-refractivity contribution < 1.29 is 14.4 Å². The summed E-state index contributed by atoms with van der Waals surface area (Å²) in [6.45, 7) is 1.66. The van der Waals surface area contributed by atoms with Crippen molar-refractivity contribution in [2.24, 2.45) is 11.7 Å². The van der Waals surface area contributed by atoms with Gasteiger partial charge in [-0.3, -0.25) is 14.4 Å². The Labute approximate surface area is 147 Å². The van der Waals surface area contributed by atoms with E-state index >= 15 is 0 Å². The zero-order chi connectivity index (χ0) is 17.8. The van der Waals surface area contributed by atoms with E-state index in [0.717, 1.165) is 24.1 Å². The number of fused-ring (bicyclic) bond motifs is 1. The lowest BCUT2D eigenvalue weighted by molar-refractivity contribution is -0.130. The maximum absolute atomic E-state index is 12.5. The number of rotatable bonds is 3. The average molecular weight is 341 g/mol. The number of aryl methyl sites for hydroxylation is 1. The standard InChI is InChI=1S/C19H23N3O3/c20-19(25)15-9-12-21(13-10-15)17(23)7-8-18(24)22-11-3-5-14-4-1-2-6-16(14)22/h1-2,4,6-8,15H,3,5,9-13H2,(H2,20,25). The predicted octanol–water partition coefficient (Wildman–Crippen LogP) is 1.25. The number of likely N-dealkylation sites (tertiary alicyclic amines) is 1. The summed E-state index contributed by atoms with van der Waals surface area (Å²) in [5, 5.41) is 0. The molecule has 0 aliphatic carbocycles. The molecule has 0 radical (unpaired) electrons. The van der Waals surface area contributed by atoms with Crippen LogP contribution in [0.3, 0.4) is 0 Å². The maximum atomic E-state index is 12.5. The van der Waals surface area contributed by atoms with Gasteiger partial charge in [-0.25, -0.2) is 0 Å². The Morgan fingerprint density at radius 3 is 2.40 bits per heavy atom. The number of hydrogen-bond acceptors (Lipinski definition) is 3. The van der Waals surface area contributed by atoms with Gasteiger partial charge in [0.25, 0.3) is 5.91 Å². The lowest BCUT2D eigenvalue weighted by Gasteiger charge is -2.30. The predicted molar refractivity (Wildman–Crippen MR) is 94.8 cm³/mol. The molecule has 2 aliphatic rings. The fourth-order valence-electron chi connectivity index (χ4n) is 3.48. The van der Waals surface area contributed by atoms with E-state index in [2.05, 4.69) is 0 Å². The van der Waals surface area contributed by atoms with Crippen molar-refractivity contribution in [1.29, 1.82) is 0 Å². The quantitative estimate of drug-likeness (QED) is 0.840. The summed E-state index contributed by atoms with van der Waals surface area (Å²) in [7, 11) is 0. The SMILES string of the molecule is NC(=O)C1CCN(C(=O)C=CC(=O)N2CCCc3ccccc32)CC1. The third-order valence-electron chi connectivity index (χ3n) is 4.95. The highest BCUT2D eigenvalue weighted by molar-refractivity contribution is 6.05. The van der Waals surface area contributed by atoms with Crippen molar-refractivity contribution in [2.75, 3.05) is 24.5 Å². The molecule has 3 amide bonds. The molecule has 1 aromatic carbocycles. The van der Waals surface area contributed by atoms with Crippen molar-refractivity contribution in [3.63, 3.8) is 0 Å². The lowest BCUT2D eigenvalue weighted by atomic mass is 9.96. The first-order chi connectivity index (χ1) is 12.1. The van der Waals surface area contributed by atoms with Crippen LogP contribution in [0.2, 0.25) is 0 Å². The summed E-state index contributed by atoms with van der Waals surface area (Å²) in [6, 6.07) is 7.87. The number of primary amides is 1. The molecule has 2 N–H and O–H groups in total. The first-order valence-electron chi connectivity index (χ1n) is 8.72. The largest absolute Gasteiger partial charge is 0.369 e. The van der Waals surface area contributed by atoms with Gasteiger partial charge in [0.2, 0.25) is 11.8 Å². The zero-order valence-electron chi connectivity index (χ0n) is 14.2. The molecule has 6 heteroatoms. The molecule has 0 unspecified atom stereocenters. The molecule has 6 nitrogen and oxygen atoms in total. The van der Waals surface area contributed by atoms with E-state index in [0.29, 0.717) is 32.5 Å². The molecule has 3 rings (SSSR count). The van der Waals surface area contributed by atoms with Crippen LogP contribution in [0.4, 0.5) is 5.69 Å². The van der Waals surface area contributed by atoms with Gasteiger partial charge in [0.05, 0.1) is 0 Å². The number of carbonyl (C=O) groups excluding carboxylic acids is 3. The van der Waals surface area contributed by atoms with Crippen molar-refractivity contribution in [3.8, 4) is 0 Å². The molecular weight excluding hydrogens is 318 g/mol. The van der Waals surface area contributed by atoms with Crippen LogP contribution in [0.15, 0.2) is 36.4 Å². The minimum Gasteiger partial charge on any atom is -0.369 e. The van der Waals surface area contributed by atoms with Gasteiger partial charge >= 0.3 is 0 Å². The molecule has 2 aliphatic heterocycles. The van der Waals surface area contributed by atoms with Gasteiger partial charge in [0, 0.05) is 43.4 Å². The number of anilines is 1. The molecule has 1 saturated heterocycles. The Hall–Kier alpha value is -2.63. The summed E-state index contributed by atoms with van der Waals surface area (Å²) in [6.07, 6.45) is 5.75. The lowest BCUT2D eigenvalue weighted by Crippen LogP contribution is -2.41. The number of hydrogen-bond donors (Lipinski definition) is 1. The van der Waals surface area contributed by atoms with Crippen molar-refractivity contribution in [3.05, 3.63) is 42.0 Å². The molecule has 1 fully saturated rings. The van der Waals surface area contributed by atoms with Gasteiger partial charge in [-0.05, 0) is 37.3 Å². The van der Waals surface area contributed by atoms with E-state index < -0.39 is 0 Å². The number of benzene rings is 1. The van der Waals surface area contributed by atoms with Gasteiger partial charge in [-0.1, -0.05) is 18.2 Å². The number of para-hydroxylation sites is 1. The summed E-state index contributed by atoms with van der Waals surface area (Å²) in [5.74, 6) is -0.824. The average Bonchev–Trinajstić information content (AvgIpc) is 2.65. The van der Waals surface area contributed by atoms with Crippen LogP contribution in [-0.4, -0.2) is 42.3 Å². The second-order valence-electron chi connectivity index (χ2n) is 6.56. The Kier molecular flexibility index (Phi) is 5.16. The maximum Gasteiger partial charge on any atom is 0.251 e. The van der Waals surface area contributed by atoms with Crippen molar-refractivity contribution in [2.45, 2.75) is 25.7 Å². The smallest absolute Gasteiger partial charge is 0.251 e. The van der Waals surface area contributed by atoms with Crippen LogP contribution in [0.25, 0.3) is 0 Å². The van der Waals surface area contributed by atoms with Crippen LogP contribution < -0.4 is 10.6 Å². The van der Waals surface area contributed by atoms with Crippen LogP contribution in [-0.2, 0) is 20.8 Å². The summed E-state index contributed by atoms with van der Waals surface area (Å²) < 4.78 is 0. The molecule has 0 spiro atoms. The summed E-state index contributed by atoms with van der Waals surface area (Å²) >= 11 is 0. The Morgan fingerprint density at radius 2 is 1.68 bits per heavy atom. The van der Waals surface area contributed by atoms with Crippen LogP contribution >= 0.6 is 0 Å². The first kappa shape index (κ1) is 17.2. The molecule has 0 bridgehead atoms. The van der Waals surface area contributed by atoms with E-state index in [1.807, 2.05) is 24.3 Å². The number of amides is 3. The fraction of sp³-hybridized carbons (Fsp3) is 0.421. The highest BCUT2D eigenvalue weighted by Gasteiger charge is 2.25. The number of nitrogens with zero attached hydrogens (tertiary/aromatic N) is 2. The number of piperidine rings is 1. The zero-order valence-corrected chi connectivity index (χ0v) is 14.2. The monoisotopic (exact) mass is 341 g/mol. The van der Waals surface area contributed by atoms with Gasteiger partial charge < -0.3 is 15.5 Å². The van der Waals surface area contributed by atoms with Gasteiger partial charge in [-0.15, -0.1) is 0 Å². The fourth-order valence-corrected chi connectivity index (χ4v) is 3.48. The molecule has 2 heterocycles. The molecule has 0 saturated carbocycles. The van der Waals surface area contributed by atoms with Crippen molar-refractivity contribution in [1.82, 2.24) is 4.90 Å². The van der Waals surface area contributed by atoms with Gasteiger partial charge in [-0.2, -0.15) is 0 Å².